The van der Waals surface area contributed by atoms with Gasteiger partial charge in [-0.2, -0.15) is 0 Å². The predicted molar refractivity (Wildman–Crippen MR) is 191 cm³/mol. The third kappa shape index (κ3) is 9.81. The third-order valence-corrected chi connectivity index (χ3v) is 9.57. The molecule has 2 heterocycles. The minimum atomic E-state index is -0.615. The van der Waals surface area contributed by atoms with Gasteiger partial charge in [-0.15, -0.1) is 24.8 Å². The van der Waals surface area contributed by atoms with E-state index in [0.29, 0.717) is 36.0 Å². The number of nitrogens with one attached hydrogen (secondary N) is 1. The largest absolute Gasteiger partial charge is 0.412 e. The summed E-state index contributed by atoms with van der Waals surface area (Å²) >= 11 is 12.2. The van der Waals surface area contributed by atoms with E-state index in [0.717, 1.165) is 68.3 Å². The first-order chi connectivity index (χ1) is 20.4. The van der Waals surface area contributed by atoms with Gasteiger partial charge >= 0.3 is 0 Å². The van der Waals surface area contributed by atoms with Crippen molar-refractivity contribution in [3.63, 3.8) is 0 Å². The second kappa shape index (κ2) is 19.4. The summed E-state index contributed by atoms with van der Waals surface area (Å²) in [5.74, 6) is 0.0549. The summed E-state index contributed by atoms with van der Waals surface area (Å²) in [6, 6.07) is 23.8. The minimum Gasteiger partial charge on any atom is -0.412 e. The van der Waals surface area contributed by atoms with Gasteiger partial charge in [0.2, 0.25) is 5.91 Å². The molecule has 2 fully saturated rings. The fraction of sp³-hybridized carbons (Fsp3) is 0.412. The second-order valence-corrected chi connectivity index (χ2v) is 12.3. The molecule has 5 N–H and O–H groups in total. The van der Waals surface area contributed by atoms with Crippen LogP contribution in [0.15, 0.2) is 72.8 Å². The number of piperidine rings is 1. The monoisotopic (exact) mass is 714 g/mol. The van der Waals surface area contributed by atoms with Crippen LogP contribution >= 0.6 is 48.0 Å². The van der Waals surface area contributed by atoms with E-state index < -0.39 is 5.41 Å². The van der Waals surface area contributed by atoms with E-state index in [4.69, 9.17) is 23.2 Å². The van der Waals surface area contributed by atoms with Crippen LogP contribution in [-0.2, 0) is 23.1 Å². The molecule has 12 heteroatoms. The Morgan fingerprint density at radius 2 is 1.41 bits per heavy atom. The van der Waals surface area contributed by atoms with Gasteiger partial charge in [0.15, 0.2) is 0 Å². The number of hydrogen-bond acceptors (Lipinski definition) is 4. The van der Waals surface area contributed by atoms with Crippen molar-refractivity contribution in [1.29, 1.82) is 0 Å². The lowest BCUT2D eigenvalue weighted by Gasteiger charge is -2.44. The smallest absolute Gasteiger partial charge is 0.268 e. The Hall–Kier alpha value is -2.40. The topological polar surface area (TPSA) is 119 Å². The lowest BCUT2D eigenvalue weighted by Crippen LogP contribution is -2.57. The molecule has 3 aromatic carbocycles. The molecular weight excluding hydrogens is 670 g/mol. The van der Waals surface area contributed by atoms with Crippen LogP contribution in [0.1, 0.15) is 65.6 Å². The van der Waals surface area contributed by atoms with Crippen LogP contribution in [0.2, 0.25) is 10.0 Å². The van der Waals surface area contributed by atoms with Crippen molar-refractivity contribution in [2.24, 2.45) is 0 Å². The zero-order chi connectivity index (χ0) is 29.5. The highest BCUT2D eigenvalue weighted by atomic mass is 35.5. The molecule has 2 amide bonds. The van der Waals surface area contributed by atoms with Crippen LogP contribution in [0.4, 0.5) is 0 Å². The number of halogens is 4. The highest BCUT2D eigenvalue weighted by Gasteiger charge is 2.44. The number of hydrogen-bond donors (Lipinski definition) is 1. The Morgan fingerprint density at radius 1 is 0.804 bits per heavy atom. The summed E-state index contributed by atoms with van der Waals surface area (Å²) in [6.07, 6.45) is 7.19. The van der Waals surface area contributed by atoms with Gasteiger partial charge in [-0.1, -0.05) is 77.8 Å². The van der Waals surface area contributed by atoms with Gasteiger partial charge in [0.1, 0.15) is 0 Å². The number of rotatable bonds is 10. The van der Waals surface area contributed by atoms with E-state index in [1.165, 1.54) is 5.56 Å². The molecule has 0 aromatic heterocycles. The number of nitrogens with zero attached hydrogens (tertiary/aromatic N) is 3. The summed E-state index contributed by atoms with van der Waals surface area (Å²) in [7, 11) is 1.85. The Balaban J connectivity index is 0.00000264. The van der Waals surface area contributed by atoms with E-state index in [1.807, 2.05) is 61.6 Å². The van der Waals surface area contributed by atoms with E-state index in [-0.39, 0.29) is 47.6 Å². The van der Waals surface area contributed by atoms with Crippen molar-refractivity contribution in [1.82, 2.24) is 20.5 Å². The Morgan fingerprint density at radius 3 is 2.07 bits per heavy atom. The quantitative estimate of drug-likeness (QED) is 0.263. The molecule has 8 nitrogen and oxygen atoms in total. The molecule has 0 radical (unpaired) electrons. The lowest BCUT2D eigenvalue weighted by atomic mass is 9.72. The van der Waals surface area contributed by atoms with Gasteiger partial charge in [-0.25, -0.2) is 10.0 Å². The van der Waals surface area contributed by atoms with Gasteiger partial charge in [0, 0.05) is 38.8 Å². The van der Waals surface area contributed by atoms with E-state index >= 15 is 0 Å². The lowest BCUT2D eigenvalue weighted by molar-refractivity contribution is -0.135. The van der Waals surface area contributed by atoms with E-state index in [9.17, 15) is 9.59 Å². The molecule has 5 rings (SSSR count). The summed E-state index contributed by atoms with van der Waals surface area (Å²) in [4.78, 5) is 27.5. The average Bonchev–Trinajstić information content (AvgIpc) is 3.54. The Labute approximate surface area is 294 Å². The summed E-state index contributed by atoms with van der Waals surface area (Å²) in [5.41, 5.74) is 6.60. The van der Waals surface area contributed by atoms with Gasteiger partial charge in [0.05, 0.1) is 15.5 Å². The molecule has 2 aliphatic rings. The molecule has 0 spiro atoms. The van der Waals surface area contributed by atoms with Crippen molar-refractivity contribution in [3.05, 3.63) is 105 Å². The zero-order valence-electron chi connectivity index (χ0n) is 26.1. The number of benzene rings is 3. The van der Waals surface area contributed by atoms with Crippen molar-refractivity contribution in [2.75, 3.05) is 33.2 Å². The summed E-state index contributed by atoms with van der Waals surface area (Å²) in [6.45, 7) is 3.04. The standard InChI is InChI=1S/C34H40Cl2N4O2.2ClH.2H2O/c1-38(32(41)29-16-8-7-13-27(29)12-6-5-11-26-17-18-30(35)31(36)25-26)40-23-19-34(20-24-40,28-14-3-2-4-15-28)33(42)37-39-21-9-10-22-39;;;;/h2-4,7-8,13-18,25H,5-6,9-12,19-24H2,1H3,(H,37,42);2*1H;2*1H2. The first kappa shape index (κ1) is 41.6. The first-order valence-corrected chi connectivity index (χ1v) is 15.8. The molecule has 0 bridgehead atoms. The van der Waals surface area contributed by atoms with Gasteiger partial charge in [0.25, 0.3) is 5.91 Å². The highest BCUT2D eigenvalue weighted by Crippen LogP contribution is 2.37. The maximum Gasteiger partial charge on any atom is 0.268 e. The molecule has 0 aliphatic carbocycles. The molecule has 2 saturated heterocycles. The molecule has 46 heavy (non-hydrogen) atoms. The number of amides is 2. The molecule has 254 valence electrons. The van der Waals surface area contributed by atoms with Crippen molar-refractivity contribution in [2.45, 2.75) is 56.8 Å². The molecule has 0 atom stereocenters. The van der Waals surface area contributed by atoms with Crippen LogP contribution in [0.3, 0.4) is 0 Å². The normalized spacial score (nSPS) is 15.7. The zero-order valence-corrected chi connectivity index (χ0v) is 29.3. The van der Waals surface area contributed by atoms with Crippen LogP contribution < -0.4 is 5.43 Å². The van der Waals surface area contributed by atoms with Crippen LogP contribution in [-0.4, -0.2) is 71.0 Å². The SMILES string of the molecule is CN(C(=O)c1ccccc1CCCCc1ccc(Cl)c(Cl)c1)N1CCC(C(=O)NN2CCCC2)(c2ccccc2)CC1.Cl.Cl.O.O. The first-order valence-electron chi connectivity index (χ1n) is 15.0. The highest BCUT2D eigenvalue weighted by molar-refractivity contribution is 6.42. The number of carbonyl (C=O) groups excluding carboxylic acids is 2. The van der Waals surface area contributed by atoms with Crippen LogP contribution in [0.5, 0.6) is 0 Å². The fourth-order valence-corrected chi connectivity index (χ4v) is 6.57. The van der Waals surface area contributed by atoms with E-state index in [1.54, 1.807) is 5.01 Å². The van der Waals surface area contributed by atoms with Crippen molar-refractivity contribution < 1.29 is 20.5 Å². The predicted octanol–water partition coefficient (Wildman–Crippen LogP) is 5.90. The number of hydrazine groups is 2. The molecule has 2 aliphatic heterocycles. The summed E-state index contributed by atoms with van der Waals surface area (Å²) in [5, 5.41) is 7.05. The average molecular weight is 717 g/mol. The number of aryl methyl sites for hydroxylation is 2. The summed E-state index contributed by atoms with van der Waals surface area (Å²) < 4.78 is 0. The van der Waals surface area contributed by atoms with Crippen LogP contribution in [0, 0.1) is 0 Å². The molecular formula is C34H46Cl4N4O4. The van der Waals surface area contributed by atoms with Crippen LogP contribution in [0.25, 0.3) is 0 Å². The maximum atomic E-state index is 13.8. The van der Waals surface area contributed by atoms with Gasteiger partial charge < -0.3 is 11.0 Å². The Bertz CT molecular complexity index is 1380. The Kier molecular flexibility index (Phi) is 17.6. The number of carbonyl (C=O) groups is 2. The second-order valence-electron chi connectivity index (χ2n) is 11.5. The molecule has 3 aromatic rings. The van der Waals surface area contributed by atoms with Crippen molar-refractivity contribution in [3.8, 4) is 0 Å². The van der Waals surface area contributed by atoms with Gasteiger partial charge in [-0.05, 0) is 86.3 Å². The molecule has 0 unspecified atom stereocenters. The van der Waals surface area contributed by atoms with Gasteiger partial charge in [-0.3, -0.25) is 20.0 Å². The number of unbranched alkanes of at least 4 members (excludes halogenated alkanes) is 1. The maximum absolute atomic E-state index is 13.8. The minimum absolute atomic E-state index is 0. The van der Waals surface area contributed by atoms with Crippen molar-refractivity contribution >= 4 is 59.8 Å². The third-order valence-electron chi connectivity index (χ3n) is 8.83. The van der Waals surface area contributed by atoms with E-state index in [2.05, 4.69) is 33.6 Å². The molecule has 0 saturated carbocycles. The fourth-order valence-electron chi connectivity index (χ4n) is 6.25.